The van der Waals surface area contributed by atoms with E-state index in [9.17, 15) is 14.7 Å². The number of benzene rings is 1. The van der Waals surface area contributed by atoms with Crippen LogP contribution in [-0.4, -0.2) is 41.6 Å². The van der Waals surface area contributed by atoms with Crippen LogP contribution >= 0.6 is 0 Å². The van der Waals surface area contributed by atoms with E-state index >= 15 is 0 Å². The van der Waals surface area contributed by atoms with Crippen LogP contribution in [0.3, 0.4) is 0 Å². The van der Waals surface area contributed by atoms with Gasteiger partial charge in [0.2, 0.25) is 5.78 Å². The van der Waals surface area contributed by atoms with Gasteiger partial charge in [-0.15, -0.1) is 0 Å². The molecule has 2 aliphatic rings. The van der Waals surface area contributed by atoms with Crippen molar-refractivity contribution in [3.8, 4) is 0 Å². The number of aliphatic hydroxyl groups is 1. The van der Waals surface area contributed by atoms with Crippen molar-refractivity contribution in [3.05, 3.63) is 46.7 Å². The molecule has 1 aliphatic heterocycles. The molecule has 0 spiro atoms. The van der Waals surface area contributed by atoms with E-state index in [0.29, 0.717) is 11.1 Å². The van der Waals surface area contributed by atoms with Gasteiger partial charge in [-0.3, -0.25) is 9.59 Å². The van der Waals surface area contributed by atoms with Gasteiger partial charge in [0.1, 0.15) is 17.8 Å². The van der Waals surface area contributed by atoms with Crippen molar-refractivity contribution in [1.82, 2.24) is 0 Å². The maximum Gasteiger partial charge on any atom is 0.228 e. The number of ketones is 2. The number of aliphatic hydroxyl groups excluding tert-OH is 1. The van der Waals surface area contributed by atoms with Crippen LogP contribution in [-0.2, 0) is 9.47 Å². The lowest BCUT2D eigenvalue weighted by Crippen LogP contribution is -2.54. The third-order valence-corrected chi connectivity index (χ3v) is 4.01. The Morgan fingerprint density at radius 1 is 1.14 bits per heavy atom. The molecule has 1 heterocycles. The fraction of sp³-hybridized carbons (Fsp3) is 0.375. The highest BCUT2D eigenvalue weighted by Crippen LogP contribution is 2.39. The van der Waals surface area contributed by atoms with E-state index in [-0.39, 0.29) is 22.9 Å². The molecule has 2 unspecified atom stereocenters. The van der Waals surface area contributed by atoms with E-state index < -0.39 is 17.8 Å². The molecule has 1 aromatic carbocycles. The number of hydrogen-bond acceptors (Lipinski definition) is 5. The lowest BCUT2D eigenvalue weighted by molar-refractivity contribution is -0.133. The van der Waals surface area contributed by atoms with Crippen molar-refractivity contribution in [2.24, 2.45) is 0 Å². The zero-order valence-corrected chi connectivity index (χ0v) is 12.0. The van der Waals surface area contributed by atoms with Crippen LogP contribution in [0.5, 0.6) is 0 Å². The number of methoxy groups -OCH3 is 1. The molecule has 21 heavy (non-hydrogen) atoms. The third kappa shape index (κ3) is 1.85. The second-order valence-corrected chi connectivity index (χ2v) is 5.75. The predicted molar refractivity (Wildman–Crippen MR) is 74.1 cm³/mol. The van der Waals surface area contributed by atoms with Crippen LogP contribution in [0.15, 0.2) is 35.6 Å². The second-order valence-electron chi connectivity index (χ2n) is 5.75. The first kappa shape index (κ1) is 14.0. The molecule has 0 radical (unpaired) electrons. The van der Waals surface area contributed by atoms with E-state index in [1.54, 1.807) is 38.1 Å². The maximum absolute atomic E-state index is 12.6. The Bertz CT molecular complexity index is 671. The Balaban J connectivity index is 2.22. The van der Waals surface area contributed by atoms with Crippen LogP contribution in [0, 0.1) is 0 Å². The van der Waals surface area contributed by atoms with Crippen LogP contribution < -0.4 is 0 Å². The Morgan fingerprint density at radius 2 is 1.71 bits per heavy atom. The Hall–Kier alpha value is -1.98. The van der Waals surface area contributed by atoms with Gasteiger partial charge in [0, 0.05) is 18.2 Å². The van der Waals surface area contributed by atoms with Gasteiger partial charge < -0.3 is 14.6 Å². The molecule has 0 amide bonds. The summed E-state index contributed by atoms with van der Waals surface area (Å²) in [6.45, 7) is 3.32. The SMILES string of the molecule is COC1C2=C(OC(C)(C)C1O)C(=O)c1ccccc1C2=O. The molecular formula is C16H16O5. The molecule has 5 nitrogen and oxygen atoms in total. The van der Waals surface area contributed by atoms with Crippen LogP contribution in [0.1, 0.15) is 34.6 Å². The first-order valence-electron chi connectivity index (χ1n) is 6.71. The summed E-state index contributed by atoms with van der Waals surface area (Å²) in [5.41, 5.74) is -0.267. The minimum absolute atomic E-state index is 0.0131. The third-order valence-electron chi connectivity index (χ3n) is 4.01. The summed E-state index contributed by atoms with van der Waals surface area (Å²) in [5.74, 6) is -0.690. The summed E-state index contributed by atoms with van der Waals surface area (Å²) in [4.78, 5) is 25.2. The molecule has 1 N–H and O–H groups in total. The predicted octanol–water partition coefficient (Wildman–Crippen LogP) is 1.50. The summed E-state index contributed by atoms with van der Waals surface area (Å²) in [7, 11) is 1.40. The van der Waals surface area contributed by atoms with Crippen LogP contribution in [0.2, 0.25) is 0 Å². The number of allylic oxidation sites excluding steroid dienone is 1. The number of carbonyl (C=O) groups is 2. The quantitative estimate of drug-likeness (QED) is 0.848. The summed E-state index contributed by atoms with van der Waals surface area (Å²) < 4.78 is 10.9. The highest BCUT2D eigenvalue weighted by molar-refractivity contribution is 6.26. The fourth-order valence-electron chi connectivity index (χ4n) is 2.82. The van der Waals surface area contributed by atoms with Gasteiger partial charge in [0.05, 0.1) is 5.57 Å². The monoisotopic (exact) mass is 288 g/mol. The summed E-state index contributed by atoms with van der Waals surface area (Å²) in [6, 6.07) is 6.59. The van der Waals surface area contributed by atoms with E-state index in [4.69, 9.17) is 9.47 Å². The zero-order chi connectivity index (χ0) is 15.4. The first-order chi connectivity index (χ1) is 9.88. The van der Waals surface area contributed by atoms with Crippen molar-refractivity contribution >= 4 is 11.6 Å². The Labute approximate surface area is 122 Å². The van der Waals surface area contributed by atoms with Gasteiger partial charge in [0.15, 0.2) is 11.5 Å². The first-order valence-corrected chi connectivity index (χ1v) is 6.71. The van der Waals surface area contributed by atoms with Gasteiger partial charge in [-0.05, 0) is 13.8 Å². The maximum atomic E-state index is 12.6. The fourth-order valence-corrected chi connectivity index (χ4v) is 2.82. The zero-order valence-electron chi connectivity index (χ0n) is 12.0. The van der Waals surface area contributed by atoms with Gasteiger partial charge in [-0.2, -0.15) is 0 Å². The standard InChI is InChI=1S/C16H16O5/c1-16(2)15(19)14(20-3)10-11(17)8-6-4-5-7-9(8)12(18)13(10)21-16/h4-7,14-15,19H,1-3H3. The Morgan fingerprint density at radius 3 is 2.29 bits per heavy atom. The van der Waals surface area contributed by atoms with Gasteiger partial charge >= 0.3 is 0 Å². The van der Waals surface area contributed by atoms with Crippen LogP contribution in [0.25, 0.3) is 0 Å². The van der Waals surface area contributed by atoms with Gasteiger partial charge in [-0.25, -0.2) is 0 Å². The molecular weight excluding hydrogens is 272 g/mol. The van der Waals surface area contributed by atoms with Crippen molar-refractivity contribution in [2.45, 2.75) is 31.7 Å². The molecule has 110 valence electrons. The number of hydrogen-bond donors (Lipinski definition) is 1. The average Bonchev–Trinajstić information content (AvgIpc) is 2.46. The van der Waals surface area contributed by atoms with Crippen molar-refractivity contribution in [2.75, 3.05) is 7.11 Å². The van der Waals surface area contributed by atoms with E-state index in [1.807, 2.05) is 0 Å². The molecule has 1 aromatic rings. The number of Topliss-reactive ketones (excluding diaryl/α,β-unsaturated/α-hetero) is 2. The molecule has 0 aromatic heterocycles. The molecule has 1 aliphatic carbocycles. The Kier molecular flexibility index (Phi) is 3.00. The number of fused-ring (bicyclic) bond motifs is 1. The number of carbonyl (C=O) groups excluding carboxylic acids is 2. The lowest BCUT2D eigenvalue weighted by atomic mass is 9.79. The van der Waals surface area contributed by atoms with E-state index in [2.05, 4.69) is 0 Å². The summed E-state index contributed by atoms with van der Waals surface area (Å²) in [5, 5.41) is 10.3. The molecule has 0 fully saturated rings. The molecule has 5 heteroatoms. The normalized spacial score (nSPS) is 27.0. The van der Waals surface area contributed by atoms with Crippen molar-refractivity contribution < 1.29 is 24.2 Å². The molecule has 0 saturated heterocycles. The van der Waals surface area contributed by atoms with Gasteiger partial charge in [0.25, 0.3) is 0 Å². The van der Waals surface area contributed by atoms with Gasteiger partial charge in [-0.1, -0.05) is 24.3 Å². The summed E-state index contributed by atoms with van der Waals surface area (Å²) in [6.07, 6.45) is -1.92. The number of ether oxygens (including phenoxy) is 2. The highest BCUT2D eigenvalue weighted by Gasteiger charge is 2.50. The lowest BCUT2D eigenvalue weighted by Gasteiger charge is -2.43. The molecule has 0 bridgehead atoms. The summed E-state index contributed by atoms with van der Waals surface area (Å²) >= 11 is 0. The van der Waals surface area contributed by atoms with Crippen molar-refractivity contribution in [3.63, 3.8) is 0 Å². The number of rotatable bonds is 1. The minimum Gasteiger partial charge on any atom is -0.480 e. The molecule has 2 atom stereocenters. The van der Waals surface area contributed by atoms with E-state index in [1.165, 1.54) is 7.11 Å². The molecule has 0 saturated carbocycles. The highest BCUT2D eigenvalue weighted by atomic mass is 16.5. The van der Waals surface area contributed by atoms with E-state index in [0.717, 1.165) is 0 Å². The largest absolute Gasteiger partial charge is 0.480 e. The topological polar surface area (TPSA) is 72.8 Å². The van der Waals surface area contributed by atoms with Crippen LogP contribution in [0.4, 0.5) is 0 Å². The average molecular weight is 288 g/mol. The second kappa shape index (κ2) is 4.51. The minimum atomic E-state index is -1.04. The molecule has 3 rings (SSSR count). The van der Waals surface area contributed by atoms with Crippen molar-refractivity contribution in [1.29, 1.82) is 0 Å². The smallest absolute Gasteiger partial charge is 0.228 e.